The number of fused-ring (bicyclic) bond motifs is 1. The van der Waals surface area contributed by atoms with Crippen LogP contribution in [-0.4, -0.2) is 4.98 Å². The molecule has 4 rings (SSSR count). The molecule has 2 nitrogen and oxygen atoms in total. The van der Waals surface area contributed by atoms with E-state index in [1.807, 2.05) is 13.1 Å². The molecule has 0 aliphatic rings. The second kappa shape index (κ2) is 5.81. The van der Waals surface area contributed by atoms with E-state index in [1.165, 1.54) is 27.6 Å². The lowest BCUT2D eigenvalue weighted by molar-refractivity contribution is 0.483. The summed E-state index contributed by atoms with van der Waals surface area (Å²) in [5.41, 5.74) is 4.94. The first-order valence-electron chi connectivity index (χ1n) is 8.00. The van der Waals surface area contributed by atoms with Crippen LogP contribution in [0.1, 0.15) is 17.1 Å². The molecule has 0 bridgehead atoms. The number of furan rings is 1. The van der Waals surface area contributed by atoms with Crippen molar-refractivity contribution in [3.63, 3.8) is 0 Å². The second-order valence-electron chi connectivity index (χ2n) is 5.96. The molecule has 2 heteroatoms. The highest BCUT2D eigenvalue weighted by atomic mass is 16.3. The zero-order valence-corrected chi connectivity index (χ0v) is 13.2. The van der Waals surface area contributed by atoms with E-state index < -0.39 is 0 Å². The highest BCUT2D eigenvalue weighted by Crippen LogP contribution is 2.30. The second-order valence-corrected chi connectivity index (χ2v) is 5.96. The predicted molar refractivity (Wildman–Crippen MR) is 94.6 cm³/mol. The zero-order valence-electron chi connectivity index (χ0n) is 13.2. The van der Waals surface area contributed by atoms with Crippen LogP contribution in [0.5, 0.6) is 0 Å². The largest absolute Gasteiger partial charge is 0.466 e. The van der Waals surface area contributed by atoms with Gasteiger partial charge in [-0.25, -0.2) is 0 Å². The first kappa shape index (κ1) is 13.9. The van der Waals surface area contributed by atoms with Crippen LogP contribution in [0.2, 0.25) is 0 Å². The Balaban J connectivity index is 1.66. The summed E-state index contributed by atoms with van der Waals surface area (Å²) in [5.74, 6) is 2.04. The summed E-state index contributed by atoms with van der Waals surface area (Å²) in [5, 5.41) is 1.23. The zero-order chi connectivity index (χ0) is 15.6. The van der Waals surface area contributed by atoms with Crippen molar-refractivity contribution in [2.45, 2.75) is 19.8 Å². The molecule has 114 valence electrons. The van der Waals surface area contributed by atoms with Crippen LogP contribution >= 0.6 is 0 Å². The Kier molecular flexibility index (Phi) is 3.51. The lowest BCUT2D eigenvalue weighted by Gasteiger charge is -2.04. The molecule has 0 saturated carbocycles. The van der Waals surface area contributed by atoms with Gasteiger partial charge in [0.15, 0.2) is 0 Å². The average molecular weight is 301 g/mol. The minimum Gasteiger partial charge on any atom is -0.466 e. The first-order chi connectivity index (χ1) is 11.3. The smallest absolute Gasteiger partial charge is 0.112 e. The molecule has 2 heterocycles. The van der Waals surface area contributed by atoms with E-state index in [0.29, 0.717) is 0 Å². The van der Waals surface area contributed by atoms with Crippen LogP contribution in [0.15, 0.2) is 71.3 Å². The lowest BCUT2D eigenvalue weighted by Crippen LogP contribution is -1.91. The number of rotatable bonds is 4. The van der Waals surface area contributed by atoms with Crippen molar-refractivity contribution >= 4 is 10.9 Å². The lowest BCUT2D eigenvalue weighted by atomic mass is 10.0. The van der Waals surface area contributed by atoms with Crippen LogP contribution in [0.3, 0.4) is 0 Å². The van der Waals surface area contributed by atoms with E-state index in [2.05, 4.69) is 65.6 Å². The number of hydrogen-bond donors (Lipinski definition) is 1. The van der Waals surface area contributed by atoms with Crippen molar-refractivity contribution in [1.29, 1.82) is 0 Å². The van der Waals surface area contributed by atoms with Crippen molar-refractivity contribution in [2.75, 3.05) is 0 Å². The highest BCUT2D eigenvalue weighted by Gasteiger charge is 2.12. The first-order valence-corrected chi connectivity index (χ1v) is 8.00. The molecule has 23 heavy (non-hydrogen) atoms. The summed E-state index contributed by atoms with van der Waals surface area (Å²) in [6.07, 6.45) is 3.89. The Morgan fingerprint density at radius 2 is 1.78 bits per heavy atom. The normalized spacial score (nSPS) is 11.2. The number of hydrogen-bond acceptors (Lipinski definition) is 1. The topological polar surface area (TPSA) is 28.9 Å². The Labute approximate surface area is 135 Å². The van der Waals surface area contributed by atoms with Gasteiger partial charge in [0, 0.05) is 23.7 Å². The summed E-state index contributed by atoms with van der Waals surface area (Å²) in [6, 6.07) is 21.3. The van der Waals surface area contributed by atoms with Gasteiger partial charge >= 0.3 is 0 Å². The summed E-state index contributed by atoms with van der Waals surface area (Å²) >= 11 is 0. The monoisotopic (exact) mass is 301 g/mol. The molecule has 0 radical (unpaired) electrons. The standard InChI is InChI=1S/C21H19NO/c1-15-13-19(17-8-9-20-18(14-17)11-12-22-20)21(23-15)10-7-16-5-3-2-4-6-16/h2-6,8-9,11-14,22H,7,10H2,1H3. The van der Waals surface area contributed by atoms with E-state index >= 15 is 0 Å². The minimum atomic E-state index is 0.915. The number of H-pyrrole nitrogens is 1. The van der Waals surface area contributed by atoms with Gasteiger partial charge in [-0.3, -0.25) is 0 Å². The van der Waals surface area contributed by atoms with Crippen LogP contribution in [0.4, 0.5) is 0 Å². The van der Waals surface area contributed by atoms with Crippen LogP contribution in [0.25, 0.3) is 22.0 Å². The number of benzene rings is 2. The Bertz CT molecular complexity index is 931. The predicted octanol–water partition coefficient (Wildman–Crippen LogP) is 5.52. The Morgan fingerprint density at radius 3 is 2.65 bits per heavy atom. The third kappa shape index (κ3) is 2.80. The van der Waals surface area contributed by atoms with Gasteiger partial charge in [0.25, 0.3) is 0 Å². The summed E-state index contributed by atoms with van der Waals surface area (Å²) in [7, 11) is 0. The maximum absolute atomic E-state index is 5.98. The molecule has 0 unspecified atom stereocenters. The number of nitrogens with one attached hydrogen (secondary N) is 1. The van der Waals surface area contributed by atoms with Crippen LogP contribution in [-0.2, 0) is 12.8 Å². The third-order valence-corrected chi connectivity index (χ3v) is 4.28. The van der Waals surface area contributed by atoms with Crippen molar-refractivity contribution in [3.8, 4) is 11.1 Å². The van der Waals surface area contributed by atoms with E-state index in [0.717, 1.165) is 24.4 Å². The van der Waals surface area contributed by atoms with E-state index in [9.17, 15) is 0 Å². The number of aromatic amines is 1. The van der Waals surface area contributed by atoms with E-state index in [1.54, 1.807) is 0 Å². The molecule has 0 fully saturated rings. The number of aryl methyl sites for hydroxylation is 3. The summed E-state index contributed by atoms with van der Waals surface area (Å²) < 4.78 is 5.98. The van der Waals surface area contributed by atoms with Gasteiger partial charge < -0.3 is 9.40 Å². The summed E-state index contributed by atoms with van der Waals surface area (Å²) in [4.78, 5) is 3.24. The van der Waals surface area contributed by atoms with Gasteiger partial charge in [-0.2, -0.15) is 0 Å². The molecule has 0 amide bonds. The Hall–Kier alpha value is -2.74. The molecule has 4 aromatic rings. The Morgan fingerprint density at radius 1 is 0.913 bits per heavy atom. The average Bonchev–Trinajstić information content (AvgIpc) is 3.19. The van der Waals surface area contributed by atoms with Gasteiger partial charge in [0.05, 0.1) is 0 Å². The third-order valence-electron chi connectivity index (χ3n) is 4.28. The van der Waals surface area contributed by atoms with Crippen molar-refractivity contribution in [1.82, 2.24) is 4.98 Å². The molecule has 1 N–H and O–H groups in total. The van der Waals surface area contributed by atoms with E-state index in [-0.39, 0.29) is 0 Å². The summed E-state index contributed by atoms with van der Waals surface area (Å²) in [6.45, 7) is 2.02. The van der Waals surface area contributed by atoms with Gasteiger partial charge in [0.1, 0.15) is 11.5 Å². The fourth-order valence-corrected chi connectivity index (χ4v) is 3.12. The van der Waals surface area contributed by atoms with Crippen molar-refractivity contribution < 1.29 is 4.42 Å². The molecule has 0 aliphatic heterocycles. The molecular formula is C21H19NO. The van der Waals surface area contributed by atoms with Crippen LogP contribution in [0, 0.1) is 6.92 Å². The molecule has 0 aliphatic carbocycles. The van der Waals surface area contributed by atoms with Crippen LogP contribution < -0.4 is 0 Å². The molecular weight excluding hydrogens is 282 g/mol. The minimum absolute atomic E-state index is 0.915. The van der Waals surface area contributed by atoms with E-state index in [4.69, 9.17) is 4.42 Å². The molecule has 0 atom stereocenters. The quantitative estimate of drug-likeness (QED) is 0.528. The van der Waals surface area contributed by atoms with Gasteiger partial charge in [-0.1, -0.05) is 36.4 Å². The fraction of sp³-hybridized carbons (Fsp3) is 0.143. The fourth-order valence-electron chi connectivity index (χ4n) is 3.12. The SMILES string of the molecule is Cc1cc(-c2ccc3[nH]ccc3c2)c(CCc2ccccc2)o1. The van der Waals surface area contributed by atoms with Crippen molar-refractivity contribution in [3.05, 3.63) is 83.9 Å². The highest BCUT2D eigenvalue weighted by molar-refractivity contribution is 5.85. The molecule has 2 aromatic carbocycles. The van der Waals surface area contributed by atoms with Gasteiger partial charge in [0.2, 0.25) is 0 Å². The van der Waals surface area contributed by atoms with Gasteiger partial charge in [-0.15, -0.1) is 0 Å². The maximum atomic E-state index is 5.98. The molecule has 0 spiro atoms. The maximum Gasteiger partial charge on any atom is 0.112 e. The van der Waals surface area contributed by atoms with Crippen molar-refractivity contribution in [2.24, 2.45) is 0 Å². The molecule has 2 aromatic heterocycles. The molecule has 0 saturated heterocycles. The van der Waals surface area contributed by atoms with Gasteiger partial charge in [-0.05, 0) is 54.1 Å². The number of aromatic nitrogens is 1.